The van der Waals surface area contributed by atoms with E-state index in [0.717, 1.165) is 10.9 Å². The number of rotatable bonds is 3. The third-order valence-corrected chi connectivity index (χ3v) is 3.97. The van der Waals surface area contributed by atoms with E-state index in [2.05, 4.69) is 0 Å². The van der Waals surface area contributed by atoms with Gasteiger partial charge in [-0.05, 0) is 12.1 Å². The topological polar surface area (TPSA) is 43.1 Å². The Labute approximate surface area is 95.9 Å². The Balaban J connectivity index is 2.19. The Bertz CT molecular complexity index is 496. The maximum atomic E-state index is 12.1. The summed E-state index contributed by atoms with van der Waals surface area (Å²) in [6.07, 6.45) is 0.546. The lowest BCUT2D eigenvalue weighted by atomic mass is 10.2. The molecule has 0 radical (unpaired) electrons. The van der Waals surface area contributed by atoms with Crippen molar-refractivity contribution in [3.63, 3.8) is 0 Å². The lowest BCUT2D eigenvalue weighted by Gasteiger charge is -1.95. The van der Waals surface area contributed by atoms with Crippen LogP contribution in [0.25, 0.3) is 0 Å². The molecule has 2 aromatic rings. The van der Waals surface area contributed by atoms with Crippen molar-refractivity contribution in [3.05, 3.63) is 60.2 Å². The van der Waals surface area contributed by atoms with E-state index in [1.807, 2.05) is 48.5 Å². The number of nitrogen functional groups attached to an aromatic ring is 1. The summed E-state index contributed by atoms with van der Waals surface area (Å²) < 4.78 is 12.1. The van der Waals surface area contributed by atoms with E-state index in [0.29, 0.717) is 11.8 Å². The summed E-state index contributed by atoms with van der Waals surface area (Å²) in [5.41, 5.74) is 7.48. The van der Waals surface area contributed by atoms with Crippen molar-refractivity contribution < 1.29 is 4.57 Å². The fourth-order valence-corrected chi connectivity index (χ4v) is 2.88. The second kappa shape index (κ2) is 4.91. The van der Waals surface area contributed by atoms with Gasteiger partial charge >= 0.3 is 7.80 Å². The number of nitrogens with two attached hydrogens (primary N) is 1. The van der Waals surface area contributed by atoms with Gasteiger partial charge in [0.15, 0.2) is 6.16 Å². The predicted molar refractivity (Wildman–Crippen MR) is 68.2 cm³/mol. The second-order valence-electron chi connectivity index (χ2n) is 3.58. The highest BCUT2D eigenvalue weighted by Gasteiger charge is 2.22. The van der Waals surface area contributed by atoms with E-state index in [1.165, 1.54) is 0 Å². The number of hydrogen-bond donors (Lipinski definition) is 1. The van der Waals surface area contributed by atoms with Crippen LogP contribution < -0.4 is 11.0 Å². The maximum Gasteiger partial charge on any atom is 0.383 e. The van der Waals surface area contributed by atoms with E-state index < -0.39 is 7.80 Å². The molecule has 0 spiro atoms. The molecule has 2 nitrogen and oxygen atoms in total. The zero-order valence-corrected chi connectivity index (χ0v) is 9.73. The molecule has 16 heavy (non-hydrogen) atoms. The van der Waals surface area contributed by atoms with Crippen molar-refractivity contribution in [1.82, 2.24) is 0 Å². The molecule has 0 aliphatic heterocycles. The van der Waals surface area contributed by atoms with Gasteiger partial charge in [-0.25, -0.2) is 0 Å². The monoisotopic (exact) mass is 230 g/mol. The van der Waals surface area contributed by atoms with Crippen LogP contribution in [0, 0.1) is 0 Å². The minimum absolute atomic E-state index is 0.546. The van der Waals surface area contributed by atoms with E-state index in [4.69, 9.17) is 5.73 Å². The van der Waals surface area contributed by atoms with Crippen LogP contribution in [0.5, 0.6) is 0 Å². The lowest BCUT2D eigenvalue weighted by Crippen LogP contribution is -2.04. The molecule has 80 valence electrons. The highest BCUT2D eigenvalue weighted by molar-refractivity contribution is 7.53. The highest BCUT2D eigenvalue weighted by Crippen LogP contribution is 2.28. The van der Waals surface area contributed by atoms with Crippen LogP contribution in [0.4, 0.5) is 5.69 Å². The van der Waals surface area contributed by atoms with Gasteiger partial charge in [-0.3, -0.25) is 0 Å². The van der Waals surface area contributed by atoms with Crippen molar-refractivity contribution in [1.29, 1.82) is 0 Å². The normalized spacial score (nSPS) is 11.1. The summed E-state index contributed by atoms with van der Waals surface area (Å²) in [4.78, 5) is 0. The van der Waals surface area contributed by atoms with Crippen molar-refractivity contribution in [2.24, 2.45) is 0 Å². The molecule has 2 rings (SSSR count). The third-order valence-electron chi connectivity index (χ3n) is 2.37. The van der Waals surface area contributed by atoms with Crippen LogP contribution in [0.15, 0.2) is 54.6 Å². The quantitative estimate of drug-likeness (QED) is 0.650. The number of benzene rings is 2. The van der Waals surface area contributed by atoms with Gasteiger partial charge < -0.3 is 5.73 Å². The smallest absolute Gasteiger partial charge is 0.383 e. The maximum absolute atomic E-state index is 12.1. The molecule has 0 amide bonds. The van der Waals surface area contributed by atoms with Crippen molar-refractivity contribution in [2.75, 3.05) is 5.73 Å². The second-order valence-corrected chi connectivity index (χ2v) is 5.14. The molecule has 2 aromatic carbocycles. The van der Waals surface area contributed by atoms with Crippen LogP contribution in [0.3, 0.4) is 0 Å². The summed E-state index contributed by atoms with van der Waals surface area (Å²) in [5.74, 6) is 0. The van der Waals surface area contributed by atoms with Gasteiger partial charge in [0.2, 0.25) is 5.30 Å². The Morgan fingerprint density at radius 3 is 2.25 bits per heavy atom. The minimum Gasteiger partial charge on any atom is -0.395 e. The van der Waals surface area contributed by atoms with Crippen molar-refractivity contribution in [2.45, 2.75) is 6.16 Å². The van der Waals surface area contributed by atoms with Crippen LogP contribution in [-0.2, 0) is 10.7 Å². The summed E-state index contributed by atoms with van der Waals surface area (Å²) in [5, 5.41) is 0.751. The SMILES string of the molecule is Nc1ccccc1[P+](=O)Cc1ccccc1. The summed E-state index contributed by atoms with van der Waals surface area (Å²) in [6.45, 7) is 0. The van der Waals surface area contributed by atoms with Crippen molar-refractivity contribution in [3.8, 4) is 0 Å². The number of anilines is 1. The van der Waals surface area contributed by atoms with E-state index in [9.17, 15) is 4.57 Å². The number of hydrogen-bond acceptors (Lipinski definition) is 2. The molecule has 0 aromatic heterocycles. The Morgan fingerprint density at radius 1 is 0.938 bits per heavy atom. The first-order valence-electron chi connectivity index (χ1n) is 5.10. The molecular formula is C13H13NOP+. The van der Waals surface area contributed by atoms with E-state index in [-0.39, 0.29) is 0 Å². The van der Waals surface area contributed by atoms with Crippen molar-refractivity contribution >= 4 is 18.8 Å². The molecule has 3 heteroatoms. The van der Waals surface area contributed by atoms with Crippen LogP contribution in [0.2, 0.25) is 0 Å². The zero-order valence-electron chi connectivity index (χ0n) is 8.84. The number of para-hydroxylation sites is 1. The fourth-order valence-electron chi connectivity index (χ4n) is 1.55. The Morgan fingerprint density at radius 2 is 1.56 bits per heavy atom. The first-order valence-corrected chi connectivity index (χ1v) is 6.55. The first kappa shape index (κ1) is 10.8. The lowest BCUT2D eigenvalue weighted by molar-refractivity contribution is 0.593. The van der Waals surface area contributed by atoms with Gasteiger partial charge in [-0.15, -0.1) is 0 Å². The van der Waals surface area contributed by atoms with Gasteiger partial charge in [-0.1, -0.05) is 47.0 Å². The molecule has 0 fully saturated rings. The van der Waals surface area contributed by atoms with Crippen LogP contribution >= 0.6 is 7.80 Å². The molecule has 0 aliphatic carbocycles. The molecule has 0 heterocycles. The van der Waals surface area contributed by atoms with Gasteiger partial charge in [0.1, 0.15) is 0 Å². The van der Waals surface area contributed by atoms with Gasteiger partial charge in [0, 0.05) is 5.56 Å². The highest BCUT2D eigenvalue weighted by atomic mass is 31.1. The molecule has 0 aliphatic rings. The Kier molecular flexibility index (Phi) is 3.33. The third kappa shape index (κ3) is 2.47. The molecule has 1 atom stereocenters. The Hall–Kier alpha value is -1.66. The average molecular weight is 230 g/mol. The predicted octanol–water partition coefficient (Wildman–Crippen LogP) is 2.92. The average Bonchev–Trinajstić information content (AvgIpc) is 2.31. The van der Waals surface area contributed by atoms with Gasteiger partial charge in [-0.2, -0.15) is 0 Å². The van der Waals surface area contributed by atoms with Crippen LogP contribution in [-0.4, -0.2) is 0 Å². The largest absolute Gasteiger partial charge is 0.395 e. The standard InChI is InChI=1S/C13H13NOP/c14-12-8-4-5-9-13(12)16(15)10-11-6-2-1-3-7-11/h1-9H,10,14H2/q+1. The minimum atomic E-state index is -1.45. The fraction of sp³-hybridized carbons (Fsp3) is 0.0769. The molecule has 0 saturated heterocycles. The molecule has 2 N–H and O–H groups in total. The van der Waals surface area contributed by atoms with Gasteiger partial charge in [0.25, 0.3) is 0 Å². The van der Waals surface area contributed by atoms with Crippen LogP contribution in [0.1, 0.15) is 5.56 Å². The van der Waals surface area contributed by atoms with E-state index >= 15 is 0 Å². The van der Waals surface area contributed by atoms with Gasteiger partial charge in [0.05, 0.1) is 5.69 Å². The molecule has 1 unspecified atom stereocenters. The summed E-state index contributed by atoms with van der Waals surface area (Å²) >= 11 is 0. The zero-order chi connectivity index (χ0) is 11.4. The molecule has 0 bridgehead atoms. The summed E-state index contributed by atoms with van der Waals surface area (Å²) in [7, 11) is -1.45. The van der Waals surface area contributed by atoms with E-state index in [1.54, 1.807) is 6.07 Å². The molecule has 0 saturated carbocycles. The summed E-state index contributed by atoms with van der Waals surface area (Å²) in [6, 6.07) is 17.1. The first-order chi connectivity index (χ1) is 7.77. The molecular weight excluding hydrogens is 217 g/mol.